The molecule has 0 saturated carbocycles. The van der Waals surface area contributed by atoms with Crippen molar-refractivity contribution in [3.63, 3.8) is 0 Å². The Morgan fingerprint density at radius 1 is 1.46 bits per heavy atom. The van der Waals surface area contributed by atoms with E-state index in [0.717, 1.165) is 11.3 Å². The van der Waals surface area contributed by atoms with Gasteiger partial charge in [0.15, 0.2) is 0 Å². The summed E-state index contributed by atoms with van der Waals surface area (Å²) in [6.45, 7) is 4.46. The lowest BCUT2D eigenvalue weighted by atomic mass is 10.1. The van der Waals surface area contributed by atoms with Gasteiger partial charge in [-0.05, 0) is 26.0 Å². The Labute approximate surface area is 78.7 Å². The third kappa shape index (κ3) is 2.12. The molecule has 0 aliphatic rings. The molecule has 3 nitrogen and oxygen atoms in total. The van der Waals surface area contributed by atoms with Crippen molar-refractivity contribution in [1.82, 2.24) is 0 Å². The average Bonchev–Trinajstić information content (AvgIpc) is 2.04. The van der Waals surface area contributed by atoms with Crippen LogP contribution in [0.5, 0.6) is 5.75 Å². The van der Waals surface area contributed by atoms with Gasteiger partial charge in [0.1, 0.15) is 5.75 Å². The molecule has 1 aromatic carbocycles. The van der Waals surface area contributed by atoms with Crippen LogP contribution in [-0.2, 0) is 0 Å². The summed E-state index contributed by atoms with van der Waals surface area (Å²) in [5, 5.41) is 0. The largest absolute Gasteiger partial charge is 0.493 e. The number of nitrogens with two attached hydrogens (primary N) is 2. The maximum Gasteiger partial charge on any atom is 0.126 e. The van der Waals surface area contributed by atoms with Gasteiger partial charge in [0.05, 0.1) is 6.61 Å². The van der Waals surface area contributed by atoms with E-state index in [1.165, 1.54) is 0 Å². The van der Waals surface area contributed by atoms with Gasteiger partial charge in [-0.3, -0.25) is 0 Å². The summed E-state index contributed by atoms with van der Waals surface area (Å²) in [5.74, 6) is 0.789. The standard InChI is InChI=1S/C10H16N2O/c1-3-13-9-6-4-5-8(12)10(9)7(2)11/h4-7H,3,11-12H2,1-2H3/t7-/m1/s1. The van der Waals surface area contributed by atoms with Gasteiger partial charge >= 0.3 is 0 Å². The van der Waals surface area contributed by atoms with Crippen LogP contribution in [0.15, 0.2) is 18.2 Å². The number of rotatable bonds is 3. The van der Waals surface area contributed by atoms with Crippen molar-refractivity contribution < 1.29 is 4.74 Å². The highest BCUT2D eigenvalue weighted by Gasteiger charge is 2.10. The molecular formula is C10H16N2O. The second-order valence-electron chi connectivity index (χ2n) is 2.98. The zero-order valence-corrected chi connectivity index (χ0v) is 8.08. The summed E-state index contributed by atoms with van der Waals surface area (Å²) >= 11 is 0. The lowest BCUT2D eigenvalue weighted by molar-refractivity contribution is 0.335. The van der Waals surface area contributed by atoms with Crippen LogP contribution in [0.25, 0.3) is 0 Å². The molecule has 13 heavy (non-hydrogen) atoms. The molecule has 0 unspecified atom stereocenters. The maximum atomic E-state index is 5.79. The molecule has 0 spiro atoms. The van der Waals surface area contributed by atoms with Gasteiger partial charge in [0, 0.05) is 17.3 Å². The second-order valence-corrected chi connectivity index (χ2v) is 2.98. The average molecular weight is 180 g/mol. The minimum atomic E-state index is -0.0947. The van der Waals surface area contributed by atoms with Gasteiger partial charge in [0.2, 0.25) is 0 Å². The van der Waals surface area contributed by atoms with Crippen LogP contribution >= 0.6 is 0 Å². The zero-order chi connectivity index (χ0) is 9.84. The van der Waals surface area contributed by atoms with E-state index in [2.05, 4.69) is 0 Å². The third-order valence-electron chi connectivity index (χ3n) is 1.86. The highest BCUT2D eigenvalue weighted by Crippen LogP contribution is 2.28. The maximum absolute atomic E-state index is 5.79. The van der Waals surface area contributed by atoms with Gasteiger partial charge in [-0.25, -0.2) is 0 Å². The first kappa shape index (κ1) is 9.86. The van der Waals surface area contributed by atoms with Gasteiger partial charge < -0.3 is 16.2 Å². The van der Waals surface area contributed by atoms with Crippen LogP contribution in [0.2, 0.25) is 0 Å². The summed E-state index contributed by atoms with van der Waals surface area (Å²) < 4.78 is 5.42. The summed E-state index contributed by atoms with van der Waals surface area (Å²) in [4.78, 5) is 0. The fourth-order valence-corrected chi connectivity index (χ4v) is 1.33. The van der Waals surface area contributed by atoms with E-state index in [1.807, 2.05) is 32.0 Å². The number of benzene rings is 1. The molecular weight excluding hydrogens is 164 g/mol. The number of hydrogen-bond acceptors (Lipinski definition) is 3. The number of hydrogen-bond donors (Lipinski definition) is 2. The van der Waals surface area contributed by atoms with Crippen molar-refractivity contribution in [1.29, 1.82) is 0 Å². The molecule has 72 valence electrons. The Kier molecular flexibility index (Phi) is 3.14. The minimum Gasteiger partial charge on any atom is -0.493 e. The first-order chi connectivity index (χ1) is 6.16. The van der Waals surface area contributed by atoms with E-state index < -0.39 is 0 Å². The van der Waals surface area contributed by atoms with Crippen LogP contribution in [0, 0.1) is 0 Å². The van der Waals surface area contributed by atoms with Crippen molar-refractivity contribution in [3.05, 3.63) is 23.8 Å². The van der Waals surface area contributed by atoms with E-state index >= 15 is 0 Å². The number of ether oxygens (including phenoxy) is 1. The Hall–Kier alpha value is -1.22. The van der Waals surface area contributed by atoms with Crippen LogP contribution in [-0.4, -0.2) is 6.61 Å². The van der Waals surface area contributed by atoms with Gasteiger partial charge in [-0.15, -0.1) is 0 Å². The van der Waals surface area contributed by atoms with Crippen LogP contribution in [0.4, 0.5) is 5.69 Å². The van der Waals surface area contributed by atoms with Crippen molar-refractivity contribution in [3.8, 4) is 5.75 Å². The molecule has 3 heteroatoms. The monoisotopic (exact) mass is 180 g/mol. The Morgan fingerprint density at radius 2 is 2.15 bits per heavy atom. The molecule has 0 fully saturated rings. The molecule has 1 aromatic rings. The summed E-state index contributed by atoms with van der Waals surface area (Å²) in [7, 11) is 0. The van der Waals surface area contributed by atoms with Gasteiger partial charge in [-0.2, -0.15) is 0 Å². The molecule has 0 aliphatic carbocycles. The first-order valence-corrected chi connectivity index (χ1v) is 4.43. The van der Waals surface area contributed by atoms with E-state index in [4.69, 9.17) is 16.2 Å². The van der Waals surface area contributed by atoms with Crippen molar-refractivity contribution in [2.24, 2.45) is 5.73 Å². The molecule has 0 aromatic heterocycles. The van der Waals surface area contributed by atoms with Gasteiger partial charge in [-0.1, -0.05) is 6.07 Å². The normalized spacial score (nSPS) is 12.5. The Morgan fingerprint density at radius 3 is 2.69 bits per heavy atom. The summed E-state index contributed by atoms with van der Waals surface area (Å²) in [5.41, 5.74) is 13.2. The molecule has 1 atom stereocenters. The summed E-state index contributed by atoms with van der Waals surface area (Å²) in [6, 6.07) is 5.49. The molecule has 1 rings (SSSR count). The smallest absolute Gasteiger partial charge is 0.126 e. The highest BCUT2D eigenvalue weighted by molar-refractivity contribution is 5.55. The van der Waals surface area contributed by atoms with Crippen molar-refractivity contribution in [2.45, 2.75) is 19.9 Å². The fourth-order valence-electron chi connectivity index (χ4n) is 1.33. The van der Waals surface area contributed by atoms with E-state index in [1.54, 1.807) is 0 Å². The predicted octanol–water partition coefficient (Wildman–Crippen LogP) is 1.69. The Bertz CT molecular complexity index is 284. The van der Waals surface area contributed by atoms with Gasteiger partial charge in [0.25, 0.3) is 0 Å². The van der Waals surface area contributed by atoms with E-state index in [-0.39, 0.29) is 6.04 Å². The van der Waals surface area contributed by atoms with Crippen LogP contribution in [0.1, 0.15) is 25.5 Å². The second kappa shape index (κ2) is 4.14. The minimum absolute atomic E-state index is 0.0947. The van der Waals surface area contributed by atoms with Crippen LogP contribution < -0.4 is 16.2 Å². The third-order valence-corrected chi connectivity index (χ3v) is 1.86. The number of nitrogen functional groups attached to an aromatic ring is 1. The van der Waals surface area contributed by atoms with E-state index in [9.17, 15) is 0 Å². The van der Waals surface area contributed by atoms with Crippen LogP contribution in [0.3, 0.4) is 0 Å². The predicted molar refractivity (Wildman–Crippen MR) is 54.6 cm³/mol. The lowest BCUT2D eigenvalue weighted by Crippen LogP contribution is -2.10. The molecule has 4 N–H and O–H groups in total. The zero-order valence-electron chi connectivity index (χ0n) is 8.08. The molecule has 0 bridgehead atoms. The fraction of sp³-hybridized carbons (Fsp3) is 0.400. The highest BCUT2D eigenvalue weighted by atomic mass is 16.5. The quantitative estimate of drug-likeness (QED) is 0.696. The van der Waals surface area contributed by atoms with Crippen molar-refractivity contribution in [2.75, 3.05) is 12.3 Å². The Balaban J connectivity index is 3.10. The number of anilines is 1. The molecule has 0 amide bonds. The first-order valence-electron chi connectivity index (χ1n) is 4.43. The topological polar surface area (TPSA) is 61.3 Å². The SMILES string of the molecule is CCOc1cccc(N)c1[C@@H](C)N. The molecule has 0 radical (unpaired) electrons. The molecule has 0 aliphatic heterocycles. The summed E-state index contributed by atoms with van der Waals surface area (Å²) in [6.07, 6.45) is 0. The molecule has 0 saturated heterocycles. The molecule has 0 heterocycles. The van der Waals surface area contributed by atoms with Crippen molar-refractivity contribution >= 4 is 5.69 Å². The van der Waals surface area contributed by atoms with E-state index in [0.29, 0.717) is 12.3 Å². The lowest BCUT2D eigenvalue weighted by Gasteiger charge is -2.14.